The molecule has 1 aromatic heterocycles. The Morgan fingerprint density at radius 1 is 0.867 bits per heavy atom. The molecule has 4 rings (SSSR count). The zero-order valence-electron chi connectivity index (χ0n) is 17.4. The highest BCUT2D eigenvalue weighted by Crippen LogP contribution is 2.36. The third-order valence-corrected chi connectivity index (χ3v) is 4.77. The monoisotopic (exact) mass is 399 g/mol. The Labute approximate surface area is 176 Å². The molecule has 30 heavy (non-hydrogen) atoms. The van der Waals surface area contributed by atoms with Crippen molar-refractivity contribution in [3.05, 3.63) is 90.8 Å². The summed E-state index contributed by atoms with van der Waals surface area (Å²) in [6.07, 6.45) is 1.29. The molecule has 152 valence electrons. The first kappa shape index (κ1) is 19.8. The lowest BCUT2D eigenvalue weighted by Gasteiger charge is -2.48. The number of pyridine rings is 1. The summed E-state index contributed by atoms with van der Waals surface area (Å²) in [4.78, 5) is 23.0. The third-order valence-electron chi connectivity index (χ3n) is 4.77. The molecule has 0 spiro atoms. The van der Waals surface area contributed by atoms with Crippen molar-refractivity contribution in [3.8, 4) is 0 Å². The van der Waals surface area contributed by atoms with Crippen LogP contribution in [0.3, 0.4) is 0 Å². The van der Waals surface area contributed by atoms with Gasteiger partial charge in [0, 0.05) is 17.4 Å². The molecule has 1 N–H and O–H groups in total. The second kappa shape index (κ2) is 8.08. The minimum Gasteiger partial charge on any atom is -0.336 e. The zero-order chi connectivity index (χ0) is 21.1. The van der Waals surface area contributed by atoms with Crippen molar-refractivity contribution in [3.63, 3.8) is 0 Å². The summed E-state index contributed by atoms with van der Waals surface area (Å²) in [5, 5.41) is 6.90. The van der Waals surface area contributed by atoms with Gasteiger partial charge >= 0.3 is 5.91 Å². The van der Waals surface area contributed by atoms with Crippen molar-refractivity contribution in [1.29, 1.82) is 0 Å². The first-order chi connectivity index (χ1) is 14.4. The van der Waals surface area contributed by atoms with Crippen molar-refractivity contribution in [2.75, 3.05) is 10.3 Å². The Hall–Kier alpha value is -3.51. The summed E-state index contributed by atoms with van der Waals surface area (Å²) in [5.41, 5.74) is 1.96. The lowest BCUT2D eigenvalue weighted by atomic mass is 10.0. The topological polar surface area (TPSA) is 60.8 Å². The zero-order valence-corrected chi connectivity index (χ0v) is 17.4. The minimum atomic E-state index is -0.463. The molecule has 2 heterocycles. The molecule has 0 fully saturated rings. The summed E-state index contributed by atoms with van der Waals surface area (Å²) < 4.78 is 0. The highest BCUT2D eigenvalue weighted by molar-refractivity contribution is 6.47. The maximum absolute atomic E-state index is 13.6. The van der Waals surface area contributed by atoms with Crippen LogP contribution in [0.2, 0.25) is 0 Å². The van der Waals surface area contributed by atoms with Gasteiger partial charge in [-0.25, -0.2) is 10.0 Å². The van der Waals surface area contributed by atoms with Gasteiger partial charge < -0.3 is 5.32 Å². The number of aliphatic imine (C=N–C) groups is 1. The van der Waals surface area contributed by atoms with E-state index in [0.717, 1.165) is 17.1 Å². The summed E-state index contributed by atoms with van der Waals surface area (Å²) in [7, 11) is 0. The van der Waals surface area contributed by atoms with Crippen molar-refractivity contribution >= 4 is 23.1 Å². The largest absolute Gasteiger partial charge is 0.336 e. The van der Waals surface area contributed by atoms with Gasteiger partial charge in [-0.05, 0) is 57.2 Å². The molecule has 1 amide bonds. The van der Waals surface area contributed by atoms with Gasteiger partial charge in [-0.15, -0.1) is 0 Å². The number of anilines is 2. The van der Waals surface area contributed by atoms with E-state index in [-0.39, 0.29) is 11.7 Å². The number of nitrogens with zero attached hydrogens (tertiary/aromatic N) is 4. The van der Waals surface area contributed by atoms with Crippen molar-refractivity contribution in [2.45, 2.75) is 32.5 Å². The van der Waals surface area contributed by atoms with Gasteiger partial charge in [0.15, 0.2) is 12.0 Å². The summed E-state index contributed by atoms with van der Waals surface area (Å²) in [6.45, 7) is 6.20. The molecule has 1 aliphatic rings. The van der Waals surface area contributed by atoms with Crippen LogP contribution in [0, 0.1) is 0 Å². The van der Waals surface area contributed by atoms with Crippen LogP contribution in [0.25, 0.3) is 0 Å². The quantitative estimate of drug-likeness (QED) is 0.696. The Bertz CT molecular complexity index is 1030. The number of para-hydroxylation sites is 2. The van der Waals surface area contributed by atoms with E-state index < -0.39 is 11.7 Å². The van der Waals surface area contributed by atoms with E-state index in [1.165, 1.54) is 0 Å². The van der Waals surface area contributed by atoms with Crippen LogP contribution in [0.15, 0.2) is 90.1 Å². The average Bonchev–Trinajstić information content (AvgIpc) is 2.76. The van der Waals surface area contributed by atoms with Crippen LogP contribution in [-0.2, 0) is 4.79 Å². The van der Waals surface area contributed by atoms with Crippen LogP contribution < -0.4 is 10.3 Å². The first-order valence-corrected chi connectivity index (χ1v) is 9.95. The van der Waals surface area contributed by atoms with E-state index in [2.05, 4.69) is 31.1 Å². The van der Waals surface area contributed by atoms with Gasteiger partial charge in [-0.2, -0.15) is 5.01 Å². The number of hydrazine groups is 1. The average molecular weight is 399 g/mol. The van der Waals surface area contributed by atoms with Crippen LogP contribution in [0.4, 0.5) is 11.4 Å². The maximum Gasteiger partial charge on any atom is 0.308 e. The molecule has 3 aromatic rings. The van der Waals surface area contributed by atoms with Gasteiger partial charge in [-0.1, -0.05) is 42.5 Å². The second-order valence-electron chi connectivity index (χ2n) is 8.06. The molecule has 1 aliphatic heterocycles. The van der Waals surface area contributed by atoms with Gasteiger partial charge in [-0.3, -0.25) is 9.78 Å². The number of aromatic nitrogens is 1. The summed E-state index contributed by atoms with van der Waals surface area (Å²) in [5.74, 6) is 0.0633. The molecule has 2 aromatic carbocycles. The molecule has 0 radical (unpaired) electrons. The molecule has 0 aliphatic carbocycles. The molecule has 6 heteroatoms. The number of hydrogen-bond donors (Lipinski definition) is 1. The van der Waals surface area contributed by atoms with Crippen molar-refractivity contribution < 1.29 is 4.79 Å². The van der Waals surface area contributed by atoms with Crippen molar-refractivity contribution in [2.24, 2.45) is 4.99 Å². The highest BCUT2D eigenvalue weighted by atomic mass is 16.2. The van der Waals surface area contributed by atoms with E-state index in [1.807, 2.05) is 83.9 Å². The van der Waals surface area contributed by atoms with E-state index in [9.17, 15) is 4.79 Å². The SMILES string of the molecule is CC(C)(C)N1C(c2ccccn2)N=C(Nc2ccccc2)C(=O)N1c1ccccc1. The van der Waals surface area contributed by atoms with Crippen molar-refractivity contribution in [1.82, 2.24) is 9.99 Å². The fourth-order valence-electron chi connectivity index (χ4n) is 3.48. The Morgan fingerprint density at radius 2 is 1.50 bits per heavy atom. The highest BCUT2D eigenvalue weighted by Gasteiger charge is 2.44. The molecular formula is C24H25N5O. The van der Waals surface area contributed by atoms with Gasteiger partial charge in [0.1, 0.15) is 0 Å². The fraction of sp³-hybridized carbons (Fsp3) is 0.208. The smallest absolute Gasteiger partial charge is 0.308 e. The fourth-order valence-corrected chi connectivity index (χ4v) is 3.48. The Kier molecular flexibility index (Phi) is 5.33. The number of benzene rings is 2. The number of carbonyl (C=O) groups excluding carboxylic acids is 1. The number of amides is 1. The summed E-state index contributed by atoms with van der Waals surface area (Å²) >= 11 is 0. The molecule has 1 atom stereocenters. The molecule has 6 nitrogen and oxygen atoms in total. The van der Waals surface area contributed by atoms with Gasteiger partial charge in [0.2, 0.25) is 0 Å². The number of rotatable bonds is 3. The number of amidine groups is 1. The normalized spacial score (nSPS) is 17.6. The van der Waals surface area contributed by atoms with Gasteiger partial charge in [0.05, 0.1) is 11.4 Å². The molecule has 0 saturated heterocycles. The van der Waals surface area contributed by atoms with E-state index in [0.29, 0.717) is 0 Å². The lowest BCUT2D eigenvalue weighted by Crippen LogP contribution is -2.62. The van der Waals surface area contributed by atoms with Crippen LogP contribution in [0.1, 0.15) is 32.6 Å². The maximum atomic E-state index is 13.6. The molecule has 1 unspecified atom stereocenters. The molecule has 0 saturated carbocycles. The standard InChI is InChI=1S/C24H25N5O/c1-24(2,3)29-22(20-16-10-11-17-25-20)27-21(26-18-12-6-4-7-13-18)23(30)28(29)19-14-8-5-9-15-19/h4-17,22H,1-3H3,(H,26,27). The predicted octanol–water partition coefficient (Wildman–Crippen LogP) is 4.65. The molecular weight excluding hydrogens is 374 g/mol. The first-order valence-electron chi connectivity index (χ1n) is 9.95. The summed E-state index contributed by atoms with van der Waals surface area (Å²) in [6, 6.07) is 25.0. The third kappa shape index (κ3) is 3.95. The Balaban J connectivity index is 1.87. The number of carbonyl (C=O) groups is 1. The number of nitrogens with one attached hydrogen (secondary N) is 1. The van der Waals surface area contributed by atoms with Gasteiger partial charge in [0.25, 0.3) is 0 Å². The van der Waals surface area contributed by atoms with Crippen LogP contribution in [0.5, 0.6) is 0 Å². The minimum absolute atomic E-state index is 0.216. The van der Waals surface area contributed by atoms with Crippen LogP contribution >= 0.6 is 0 Å². The lowest BCUT2D eigenvalue weighted by molar-refractivity contribution is -0.119. The van der Waals surface area contributed by atoms with Crippen LogP contribution in [-0.4, -0.2) is 27.3 Å². The number of hydrogen-bond acceptors (Lipinski definition) is 5. The van der Waals surface area contributed by atoms with E-state index >= 15 is 0 Å². The van der Waals surface area contributed by atoms with E-state index in [4.69, 9.17) is 4.99 Å². The van der Waals surface area contributed by atoms with E-state index in [1.54, 1.807) is 11.2 Å². The molecule has 0 bridgehead atoms. The second-order valence-corrected chi connectivity index (χ2v) is 8.06. The predicted molar refractivity (Wildman–Crippen MR) is 120 cm³/mol. The Morgan fingerprint density at radius 3 is 2.10 bits per heavy atom.